The Kier molecular flexibility index (Phi) is 88.1. The van der Waals surface area contributed by atoms with Crippen molar-refractivity contribution in [3.63, 3.8) is 0 Å². The summed E-state index contributed by atoms with van der Waals surface area (Å²) in [7, 11) is 6.10. The number of alkyl halides is 13. The molecule has 0 aromatic carbocycles. The molecule has 0 aliphatic rings. The van der Waals surface area contributed by atoms with Crippen molar-refractivity contribution in [2.45, 2.75) is 248 Å². The van der Waals surface area contributed by atoms with E-state index in [1.807, 2.05) is 41.7 Å². The summed E-state index contributed by atoms with van der Waals surface area (Å²) in [5, 5.41) is 6.44. The lowest BCUT2D eigenvalue weighted by atomic mass is 10.4. The number of halogens is 13. The molecule has 0 saturated heterocycles. The van der Waals surface area contributed by atoms with Crippen molar-refractivity contribution in [3.05, 3.63) is 12.3 Å². The van der Waals surface area contributed by atoms with Gasteiger partial charge in [-0.25, -0.2) is 8.78 Å². The molecule has 0 heterocycles. The minimum absolute atomic E-state index is 0.0935. The zero-order valence-electron chi connectivity index (χ0n) is 45.7. The van der Waals surface area contributed by atoms with Gasteiger partial charge in [-0.1, -0.05) is 100 Å². The zero-order valence-corrected chi connectivity index (χ0v) is 50.2. The molecule has 0 spiro atoms. The molecule has 416 valence electrons. The Morgan fingerprint density at radius 2 is 0.955 bits per heavy atom. The first kappa shape index (κ1) is 92.2. The summed E-state index contributed by atoms with van der Waals surface area (Å²) in [6, 6.07) is 2.18. The van der Waals surface area contributed by atoms with Gasteiger partial charge in [0.05, 0.1) is 24.4 Å². The highest BCUT2D eigenvalue weighted by Gasteiger charge is 2.30. The van der Waals surface area contributed by atoms with Crippen LogP contribution in [0.5, 0.6) is 0 Å². The fourth-order valence-electron chi connectivity index (χ4n) is 1.49. The highest BCUT2D eigenvalue weighted by Crippen LogP contribution is 2.18. The Bertz CT molecular complexity index is 824. The lowest BCUT2D eigenvalue weighted by Crippen LogP contribution is -2.20. The number of hydrogen-bond acceptors (Lipinski definition) is 8. The van der Waals surface area contributed by atoms with Crippen LogP contribution in [0, 0.1) is 0 Å². The largest absolute Gasteiger partial charge is 0.522 e. The molecule has 0 bridgehead atoms. The maximum absolute atomic E-state index is 11.3. The van der Waals surface area contributed by atoms with Gasteiger partial charge >= 0.3 is 19.2 Å². The molecule has 0 aromatic heterocycles. The molecule has 0 amide bonds. The number of hydrogen-bond donors (Lipinski definition) is 3. The molecular formula is C45H101BrClF10IN4O4. The Morgan fingerprint density at radius 3 is 0.985 bits per heavy atom. The van der Waals surface area contributed by atoms with Gasteiger partial charge in [0, 0.05) is 38.0 Å². The topological polar surface area (TPSA) is 90.2 Å². The van der Waals surface area contributed by atoms with E-state index in [1.54, 1.807) is 41.5 Å². The van der Waals surface area contributed by atoms with Gasteiger partial charge in [0.15, 0.2) is 0 Å². The third-order valence-corrected chi connectivity index (χ3v) is 4.03. The number of nitrogens with two attached hydrogens (primary N) is 1. The first-order valence-corrected chi connectivity index (χ1v) is 24.3. The molecule has 0 radical (unpaired) electrons. The van der Waals surface area contributed by atoms with Crippen molar-refractivity contribution in [1.29, 1.82) is 0 Å². The van der Waals surface area contributed by atoms with Crippen molar-refractivity contribution < 1.29 is 62.9 Å². The van der Waals surface area contributed by atoms with Crippen molar-refractivity contribution in [2.75, 3.05) is 34.4 Å². The van der Waals surface area contributed by atoms with Crippen LogP contribution in [0.2, 0.25) is 0 Å². The van der Waals surface area contributed by atoms with Crippen LogP contribution in [0.3, 0.4) is 0 Å². The van der Waals surface area contributed by atoms with Crippen molar-refractivity contribution in [1.82, 2.24) is 15.5 Å². The van der Waals surface area contributed by atoms with Crippen molar-refractivity contribution in [2.24, 2.45) is 5.73 Å². The van der Waals surface area contributed by atoms with Crippen LogP contribution in [0.1, 0.15) is 159 Å². The number of rotatable bonds is 12. The Hall–Kier alpha value is 0.0600. The van der Waals surface area contributed by atoms with E-state index in [9.17, 15) is 43.9 Å². The van der Waals surface area contributed by atoms with Gasteiger partial charge in [-0.05, 0) is 131 Å². The molecule has 0 aromatic rings. The van der Waals surface area contributed by atoms with Gasteiger partial charge in [-0.2, -0.15) is 22.0 Å². The van der Waals surface area contributed by atoms with Crippen molar-refractivity contribution >= 4 is 50.1 Å². The fraction of sp³-hybridized carbons (Fsp3) is 0.956. The third kappa shape index (κ3) is 282. The quantitative estimate of drug-likeness (QED) is 0.101. The van der Waals surface area contributed by atoms with Crippen LogP contribution in [-0.4, -0.2) is 128 Å². The molecule has 66 heavy (non-hydrogen) atoms. The molecular weight excluding hydrogens is 1090 g/mol. The summed E-state index contributed by atoms with van der Waals surface area (Å²) in [4.78, 5) is 2.81. The summed E-state index contributed by atoms with van der Waals surface area (Å²) in [5.41, 5.74) is 6.15. The van der Waals surface area contributed by atoms with Crippen LogP contribution >= 0.6 is 50.1 Å². The van der Waals surface area contributed by atoms with E-state index in [1.165, 1.54) is 13.8 Å². The maximum atomic E-state index is 11.3. The summed E-state index contributed by atoms with van der Waals surface area (Å²) in [6.45, 7) is 42.7. The molecule has 8 nitrogen and oxygen atoms in total. The normalized spacial score (nSPS) is 10.7. The second kappa shape index (κ2) is 63.1. The van der Waals surface area contributed by atoms with E-state index in [-0.39, 0.29) is 18.3 Å². The highest BCUT2D eigenvalue weighted by molar-refractivity contribution is 14.1. The summed E-state index contributed by atoms with van der Waals surface area (Å²) >= 11 is 10.9. The molecule has 0 aliphatic heterocycles. The van der Waals surface area contributed by atoms with Crippen LogP contribution < -0.4 is 16.4 Å². The van der Waals surface area contributed by atoms with Gasteiger partial charge in [-0.15, -0.1) is 24.8 Å². The van der Waals surface area contributed by atoms with Crippen LogP contribution in [0.25, 0.3) is 0 Å². The molecule has 0 unspecified atom stereocenters. The van der Waals surface area contributed by atoms with Gasteiger partial charge in [0.2, 0.25) is 0 Å². The van der Waals surface area contributed by atoms with E-state index in [2.05, 4.69) is 163 Å². The second-order valence-electron chi connectivity index (χ2n) is 16.7. The van der Waals surface area contributed by atoms with E-state index in [0.717, 1.165) is 9.62 Å². The minimum Gasteiger partial charge on any atom is -0.387 e. The third-order valence-electron chi connectivity index (χ3n) is 4.03. The first-order chi connectivity index (χ1) is 29.1. The van der Waals surface area contributed by atoms with Crippen LogP contribution in [0.4, 0.5) is 43.9 Å². The second-order valence-corrected chi connectivity index (χ2v) is 21.9. The predicted octanol–water partition coefficient (Wildman–Crippen LogP) is 15.9. The van der Waals surface area contributed by atoms with Gasteiger partial charge in [0.1, 0.15) is 13.2 Å². The highest BCUT2D eigenvalue weighted by atomic mass is 127. The van der Waals surface area contributed by atoms with E-state index >= 15 is 0 Å². The van der Waals surface area contributed by atoms with Crippen molar-refractivity contribution in [3.8, 4) is 0 Å². The monoisotopic (exact) mass is 1190 g/mol. The standard InChI is InChI=1S/C6H13N.C5H9F3O.C5H10F2O.C5H13N.C4H7F3O.C4H8F2O.C4H11N.C3H7Br.C3H7Cl.C3H7I.C3H9N/c1-5(2)7-6(3)4;1-4(2)9-3-5(6,7)8;1-4(2)8-3-5(6)7;1-5(2)6(3)4;1-3(2)8-4(5,6)7;1-3(2)7-4(5)6;1-4(2)5-3;4*1-3(2)4/h6-7H,1H2,2-4H3;4H,3H2,1-2H3;4-5H,3H2,1-2H3;5H,1-4H3;3H,1-2H3;3-4H,1-2H3;4-5H,1-3H3;3*3H,1-2H3;3H,4H2,1-2H3. The fourth-order valence-corrected chi connectivity index (χ4v) is 1.49. The zero-order chi connectivity index (χ0) is 56.3. The van der Waals surface area contributed by atoms with Gasteiger partial charge < -0.3 is 35.5 Å². The SMILES string of the molecule is C=C(C)NC(C)C.CC(C)Br.CC(C)Cl.CC(C)I.CC(C)N.CC(C)N(C)C.CC(C)OC(F)(F)F.CC(C)OC(F)F.CC(C)OCC(F)(F)F.CC(C)OCC(F)F.CNC(C)C. The molecule has 0 rings (SSSR count). The molecule has 4 N–H and O–H groups in total. The van der Waals surface area contributed by atoms with E-state index < -0.39 is 44.9 Å². The van der Waals surface area contributed by atoms with Crippen LogP contribution in [-0.2, 0) is 18.9 Å². The lowest BCUT2D eigenvalue weighted by Gasteiger charge is -2.12. The number of ether oxygens (including phenoxy) is 4. The molecule has 0 fully saturated rings. The van der Waals surface area contributed by atoms with Gasteiger partial charge in [-0.3, -0.25) is 4.74 Å². The molecule has 0 saturated carbocycles. The van der Waals surface area contributed by atoms with E-state index in [4.69, 9.17) is 17.3 Å². The lowest BCUT2D eigenvalue weighted by molar-refractivity contribution is -0.338. The smallest absolute Gasteiger partial charge is 0.387 e. The first-order valence-electron chi connectivity index (χ1n) is 21.8. The molecule has 0 aliphatic carbocycles. The number of nitrogens with zero attached hydrogens (tertiary/aromatic N) is 1. The minimum atomic E-state index is -4.48. The predicted molar refractivity (Wildman–Crippen MR) is 278 cm³/mol. The molecule has 21 heteroatoms. The summed E-state index contributed by atoms with van der Waals surface area (Å²) in [6.07, 6.45) is -12.6. The Labute approximate surface area is 426 Å². The summed E-state index contributed by atoms with van der Waals surface area (Å²) in [5.74, 6) is 0. The maximum Gasteiger partial charge on any atom is 0.522 e. The van der Waals surface area contributed by atoms with E-state index in [0.29, 0.717) is 34.4 Å². The number of nitrogens with one attached hydrogen (secondary N) is 2. The number of allylic oxidation sites excluding steroid dienone is 1. The van der Waals surface area contributed by atoms with Crippen LogP contribution in [0.15, 0.2) is 12.3 Å². The van der Waals surface area contributed by atoms with Gasteiger partial charge in [0.25, 0.3) is 6.43 Å². The Balaban J connectivity index is -0.0000000567. The molecule has 0 atom stereocenters. The average molecular weight is 1190 g/mol. The Morgan fingerprint density at radius 1 is 0.682 bits per heavy atom. The summed E-state index contributed by atoms with van der Waals surface area (Å²) < 4.78 is 129. The average Bonchev–Trinajstić information content (AvgIpc) is 3.01.